The van der Waals surface area contributed by atoms with Crippen molar-refractivity contribution in [3.63, 3.8) is 0 Å². The Morgan fingerprint density at radius 1 is 1.42 bits per heavy atom. The van der Waals surface area contributed by atoms with Crippen molar-refractivity contribution < 1.29 is 4.79 Å². The molecule has 0 radical (unpaired) electrons. The average molecular weight is 261 g/mol. The molecule has 0 unspecified atom stereocenters. The van der Waals surface area contributed by atoms with Crippen molar-refractivity contribution in [2.75, 3.05) is 0 Å². The largest absolute Gasteiger partial charge is 0.339 e. The minimum absolute atomic E-state index is 0.141. The van der Waals surface area contributed by atoms with E-state index in [2.05, 4.69) is 20.3 Å². The second kappa shape index (κ2) is 5.26. The van der Waals surface area contributed by atoms with Crippen molar-refractivity contribution in [3.8, 4) is 0 Å². The van der Waals surface area contributed by atoms with Crippen LogP contribution in [0.2, 0.25) is 0 Å². The van der Waals surface area contributed by atoms with Crippen LogP contribution in [-0.2, 0) is 7.05 Å². The van der Waals surface area contributed by atoms with Crippen LogP contribution in [0, 0.1) is 12.8 Å². The van der Waals surface area contributed by atoms with Gasteiger partial charge >= 0.3 is 0 Å². The molecule has 0 spiro atoms. The normalized spacial score (nSPS) is 12.7. The van der Waals surface area contributed by atoms with Crippen LogP contribution in [0.1, 0.15) is 42.0 Å². The zero-order valence-electron chi connectivity index (χ0n) is 11.6. The van der Waals surface area contributed by atoms with Crippen molar-refractivity contribution in [2.45, 2.75) is 26.8 Å². The summed E-state index contributed by atoms with van der Waals surface area (Å²) in [6, 6.07) is -0.141. The van der Waals surface area contributed by atoms with Crippen LogP contribution in [0.3, 0.4) is 0 Å². The number of aromatic nitrogens is 4. The number of nitrogens with zero attached hydrogens (tertiary/aromatic N) is 3. The molecule has 6 nitrogen and oxygen atoms in total. The molecule has 19 heavy (non-hydrogen) atoms. The Hall–Kier alpha value is -2.11. The minimum Gasteiger partial charge on any atom is -0.339 e. The molecule has 0 saturated carbocycles. The number of aromatic amines is 1. The predicted octanol–water partition coefficient (Wildman–Crippen LogP) is 1.58. The number of rotatable bonds is 4. The number of H-pyrrole nitrogens is 1. The van der Waals surface area contributed by atoms with Crippen molar-refractivity contribution in [3.05, 3.63) is 35.9 Å². The molecule has 1 atom stereocenters. The summed E-state index contributed by atoms with van der Waals surface area (Å²) < 4.78 is 1.92. The number of hydrogen-bond acceptors (Lipinski definition) is 3. The number of hydrogen-bond donors (Lipinski definition) is 2. The highest BCUT2D eigenvalue weighted by atomic mass is 16.2. The molecule has 0 aromatic carbocycles. The van der Waals surface area contributed by atoms with Gasteiger partial charge in [0.25, 0.3) is 5.91 Å². The fourth-order valence-electron chi connectivity index (χ4n) is 1.94. The smallest absolute Gasteiger partial charge is 0.287 e. The Labute approximate surface area is 112 Å². The monoisotopic (exact) mass is 261 g/mol. The van der Waals surface area contributed by atoms with Crippen LogP contribution in [-0.4, -0.2) is 25.4 Å². The lowest BCUT2D eigenvalue weighted by molar-refractivity contribution is 0.0912. The summed E-state index contributed by atoms with van der Waals surface area (Å²) in [6.07, 6.45) is 5.24. The standard InChI is InChI=1S/C13H19N5O/c1-8(2)10(12-14-5-6-18(12)4)17-13(19)11-15-7-9(3)16-11/h5-8,10H,1-4H3,(H,15,16)(H,17,19)/t10-/m0/s1. The van der Waals surface area contributed by atoms with E-state index in [9.17, 15) is 4.79 Å². The first-order valence-electron chi connectivity index (χ1n) is 6.28. The summed E-state index contributed by atoms with van der Waals surface area (Å²) in [5, 5.41) is 2.97. The Morgan fingerprint density at radius 2 is 2.16 bits per heavy atom. The molecule has 2 aromatic rings. The van der Waals surface area contributed by atoms with Gasteiger partial charge in [0.05, 0.1) is 6.04 Å². The van der Waals surface area contributed by atoms with Gasteiger partial charge in [-0.25, -0.2) is 9.97 Å². The van der Waals surface area contributed by atoms with Gasteiger partial charge in [-0.15, -0.1) is 0 Å². The van der Waals surface area contributed by atoms with Crippen LogP contribution in [0.5, 0.6) is 0 Å². The zero-order chi connectivity index (χ0) is 14.0. The number of carbonyl (C=O) groups is 1. The van der Waals surface area contributed by atoms with Gasteiger partial charge in [-0.05, 0) is 12.8 Å². The lowest BCUT2D eigenvalue weighted by Gasteiger charge is -2.21. The van der Waals surface area contributed by atoms with E-state index in [1.165, 1.54) is 0 Å². The van der Waals surface area contributed by atoms with Crippen LogP contribution in [0.4, 0.5) is 0 Å². The highest BCUT2D eigenvalue weighted by Gasteiger charge is 2.23. The molecule has 1 amide bonds. The molecule has 6 heteroatoms. The molecular formula is C13H19N5O. The topological polar surface area (TPSA) is 75.6 Å². The Morgan fingerprint density at radius 3 is 2.63 bits per heavy atom. The first kappa shape index (κ1) is 13.3. The SMILES string of the molecule is Cc1cnc(C(=O)N[C@H](c2nccn2C)C(C)C)[nH]1. The maximum Gasteiger partial charge on any atom is 0.287 e. The summed E-state index contributed by atoms with van der Waals surface area (Å²) >= 11 is 0. The van der Waals surface area contributed by atoms with Gasteiger partial charge in [0.1, 0.15) is 5.82 Å². The quantitative estimate of drug-likeness (QED) is 0.877. The summed E-state index contributed by atoms with van der Waals surface area (Å²) in [5.74, 6) is 1.19. The lowest BCUT2D eigenvalue weighted by atomic mass is 10.0. The van der Waals surface area contributed by atoms with E-state index in [1.54, 1.807) is 12.4 Å². The van der Waals surface area contributed by atoms with E-state index in [-0.39, 0.29) is 17.9 Å². The van der Waals surface area contributed by atoms with Gasteiger partial charge in [0, 0.05) is 31.3 Å². The average Bonchev–Trinajstić information content (AvgIpc) is 2.94. The van der Waals surface area contributed by atoms with Gasteiger partial charge in [-0.3, -0.25) is 4.79 Å². The molecule has 0 aliphatic rings. The van der Waals surface area contributed by atoms with Gasteiger partial charge in [0.2, 0.25) is 0 Å². The van der Waals surface area contributed by atoms with E-state index >= 15 is 0 Å². The number of carbonyl (C=O) groups excluding carboxylic acids is 1. The van der Waals surface area contributed by atoms with Gasteiger partial charge in [-0.2, -0.15) is 0 Å². The second-order valence-electron chi connectivity index (χ2n) is 5.01. The fourth-order valence-corrected chi connectivity index (χ4v) is 1.94. The number of nitrogens with one attached hydrogen (secondary N) is 2. The Bertz CT molecular complexity index is 569. The molecule has 0 aliphatic carbocycles. The molecule has 0 fully saturated rings. The number of imidazole rings is 2. The Kier molecular flexibility index (Phi) is 3.69. The molecule has 0 bridgehead atoms. The second-order valence-corrected chi connectivity index (χ2v) is 5.01. The third kappa shape index (κ3) is 2.83. The van der Waals surface area contributed by atoms with E-state index < -0.39 is 0 Å². The summed E-state index contributed by atoms with van der Waals surface area (Å²) in [7, 11) is 1.92. The third-order valence-corrected chi connectivity index (χ3v) is 3.01. The zero-order valence-corrected chi connectivity index (χ0v) is 11.6. The highest BCUT2D eigenvalue weighted by molar-refractivity contribution is 5.90. The summed E-state index contributed by atoms with van der Waals surface area (Å²) in [5.41, 5.74) is 0.864. The molecule has 2 heterocycles. The highest BCUT2D eigenvalue weighted by Crippen LogP contribution is 2.19. The minimum atomic E-state index is -0.213. The number of aryl methyl sites for hydroxylation is 2. The fraction of sp³-hybridized carbons (Fsp3) is 0.462. The van der Waals surface area contributed by atoms with E-state index in [1.807, 2.05) is 38.6 Å². The van der Waals surface area contributed by atoms with Crippen molar-refractivity contribution in [2.24, 2.45) is 13.0 Å². The van der Waals surface area contributed by atoms with Crippen LogP contribution in [0.25, 0.3) is 0 Å². The van der Waals surface area contributed by atoms with E-state index in [0.717, 1.165) is 11.5 Å². The third-order valence-electron chi connectivity index (χ3n) is 3.01. The van der Waals surface area contributed by atoms with Crippen LogP contribution < -0.4 is 5.32 Å². The maximum atomic E-state index is 12.1. The van der Waals surface area contributed by atoms with E-state index in [4.69, 9.17) is 0 Å². The van der Waals surface area contributed by atoms with Crippen LogP contribution >= 0.6 is 0 Å². The Balaban J connectivity index is 2.18. The predicted molar refractivity (Wildman–Crippen MR) is 71.6 cm³/mol. The van der Waals surface area contributed by atoms with Gasteiger partial charge in [-0.1, -0.05) is 13.8 Å². The summed E-state index contributed by atoms with van der Waals surface area (Å²) in [4.78, 5) is 23.4. The van der Waals surface area contributed by atoms with Gasteiger partial charge < -0.3 is 14.9 Å². The van der Waals surface area contributed by atoms with Crippen molar-refractivity contribution >= 4 is 5.91 Å². The molecule has 2 aromatic heterocycles. The van der Waals surface area contributed by atoms with Gasteiger partial charge in [0.15, 0.2) is 5.82 Å². The van der Waals surface area contributed by atoms with Crippen LogP contribution in [0.15, 0.2) is 18.6 Å². The molecule has 102 valence electrons. The van der Waals surface area contributed by atoms with E-state index in [0.29, 0.717) is 5.82 Å². The van der Waals surface area contributed by atoms with Crippen molar-refractivity contribution in [1.29, 1.82) is 0 Å². The molecule has 0 aliphatic heterocycles. The lowest BCUT2D eigenvalue weighted by Crippen LogP contribution is -2.34. The summed E-state index contributed by atoms with van der Waals surface area (Å²) in [6.45, 7) is 5.96. The molecule has 2 rings (SSSR count). The van der Waals surface area contributed by atoms with Crippen molar-refractivity contribution in [1.82, 2.24) is 24.8 Å². The maximum absolute atomic E-state index is 12.1. The molecule has 2 N–H and O–H groups in total. The molecule has 0 saturated heterocycles. The first-order chi connectivity index (χ1) is 8.99. The first-order valence-corrected chi connectivity index (χ1v) is 6.28. The number of amides is 1. The molecular weight excluding hydrogens is 242 g/mol.